The minimum atomic E-state index is -1.06. The van der Waals surface area contributed by atoms with Gasteiger partial charge >= 0.3 is 6.03 Å². The summed E-state index contributed by atoms with van der Waals surface area (Å²) in [6, 6.07) is 6.97. The fourth-order valence-electron chi connectivity index (χ4n) is 2.55. The summed E-state index contributed by atoms with van der Waals surface area (Å²) in [4.78, 5) is 35.3. The van der Waals surface area contributed by atoms with E-state index in [0.29, 0.717) is 11.6 Å². The highest BCUT2D eigenvalue weighted by Gasteiger charge is 2.20. The van der Waals surface area contributed by atoms with Crippen LogP contribution in [0.25, 0.3) is 6.08 Å². The maximum atomic E-state index is 13.7. The summed E-state index contributed by atoms with van der Waals surface area (Å²) >= 11 is 0. The Hall–Kier alpha value is -4.36. The zero-order valence-corrected chi connectivity index (χ0v) is 16.1. The van der Waals surface area contributed by atoms with E-state index >= 15 is 0 Å². The van der Waals surface area contributed by atoms with Crippen molar-refractivity contribution in [2.24, 2.45) is 5.92 Å². The van der Waals surface area contributed by atoms with E-state index in [2.05, 4.69) is 24.2 Å². The molecule has 0 fully saturated rings. The number of anilines is 1. The van der Waals surface area contributed by atoms with Crippen LogP contribution in [0, 0.1) is 27.7 Å². The fraction of sp³-hybridized carbons (Fsp3) is 0.0455. The van der Waals surface area contributed by atoms with Gasteiger partial charge in [0.1, 0.15) is 11.6 Å². The number of halogens is 2. The monoisotopic (exact) mass is 425 g/mol. The Bertz CT molecular complexity index is 1120. The number of imide groups is 1. The molecule has 0 aliphatic carbocycles. The summed E-state index contributed by atoms with van der Waals surface area (Å²) in [5.74, 6) is -3.45. The molecular weight excluding hydrogens is 408 g/mol. The van der Waals surface area contributed by atoms with Crippen LogP contribution in [0.3, 0.4) is 0 Å². The first-order valence-electron chi connectivity index (χ1n) is 8.77. The van der Waals surface area contributed by atoms with Crippen LogP contribution < -0.4 is 10.6 Å². The number of benzene rings is 2. The van der Waals surface area contributed by atoms with Gasteiger partial charge in [-0.15, -0.1) is 12.3 Å². The molecule has 0 aliphatic rings. The van der Waals surface area contributed by atoms with Gasteiger partial charge in [0.05, 0.1) is 10.6 Å². The number of carbonyl (C=O) groups excluding carboxylic acids is 2. The summed E-state index contributed by atoms with van der Waals surface area (Å²) in [7, 11) is 0. The lowest BCUT2D eigenvalue weighted by molar-refractivity contribution is -0.384. The average molecular weight is 425 g/mol. The zero-order valence-electron chi connectivity index (χ0n) is 16.1. The predicted octanol–water partition coefficient (Wildman–Crippen LogP) is 4.75. The van der Waals surface area contributed by atoms with Gasteiger partial charge < -0.3 is 5.32 Å². The van der Waals surface area contributed by atoms with Gasteiger partial charge in [-0.05, 0) is 29.8 Å². The molecule has 1 atom stereocenters. The van der Waals surface area contributed by atoms with E-state index in [1.165, 1.54) is 42.5 Å². The topological polar surface area (TPSA) is 101 Å². The minimum Gasteiger partial charge on any atom is -0.305 e. The second-order valence-corrected chi connectivity index (χ2v) is 6.12. The van der Waals surface area contributed by atoms with Crippen molar-refractivity contribution >= 4 is 29.4 Å². The number of nitro benzene ring substituents is 1. The lowest BCUT2D eigenvalue weighted by Gasteiger charge is -2.13. The van der Waals surface area contributed by atoms with E-state index in [1.54, 1.807) is 0 Å². The van der Waals surface area contributed by atoms with Crippen LogP contribution in [-0.2, 0) is 4.79 Å². The number of amides is 3. The van der Waals surface area contributed by atoms with E-state index in [4.69, 9.17) is 0 Å². The van der Waals surface area contributed by atoms with Crippen molar-refractivity contribution in [2.75, 3.05) is 5.32 Å². The molecule has 0 spiro atoms. The summed E-state index contributed by atoms with van der Waals surface area (Å²) in [5.41, 5.74) is 2.32. The van der Waals surface area contributed by atoms with Crippen LogP contribution in [0.2, 0.25) is 0 Å². The molecule has 0 radical (unpaired) electrons. The number of urea groups is 1. The molecule has 0 saturated heterocycles. The Morgan fingerprint density at radius 2 is 1.94 bits per heavy atom. The summed E-state index contributed by atoms with van der Waals surface area (Å²) in [6.45, 7) is 7.06. The van der Waals surface area contributed by atoms with Gasteiger partial charge in [0.25, 0.3) is 11.6 Å². The molecule has 7 nitrogen and oxygen atoms in total. The third kappa shape index (κ3) is 6.31. The van der Waals surface area contributed by atoms with Gasteiger partial charge in [-0.3, -0.25) is 20.2 Å². The largest absolute Gasteiger partial charge is 0.326 e. The molecule has 2 N–H and O–H groups in total. The Morgan fingerprint density at radius 3 is 2.55 bits per heavy atom. The first kappa shape index (κ1) is 22.9. The molecule has 31 heavy (non-hydrogen) atoms. The quantitative estimate of drug-likeness (QED) is 0.220. The standard InChI is InChI=1S/C22H17F2N3O4/c1-3-6-15(4-2)18(12-14-7-5-8-17(11-14)27(30)31)21(28)26-22(29)25-20-10-9-16(23)13-19(20)24/h4-13,15H,1-2H2,(H2,25,26,28,29)/b18-12+. The van der Waals surface area contributed by atoms with E-state index in [9.17, 15) is 28.5 Å². The van der Waals surface area contributed by atoms with Crippen molar-refractivity contribution in [3.05, 3.63) is 106 Å². The lowest BCUT2D eigenvalue weighted by atomic mass is 9.95. The molecule has 2 rings (SSSR count). The Balaban J connectivity index is 2.33. The van der Waals surface area contributed by atoms with Gasteiger partial charge in [-0.1, -0.05) is 24.8 Å². The maximum Gasteiger partial charge on any atom is 0.326 e. The van der Waals surface area contributed by atoms with Crippen molar-refractivity contribution in [1.29, 1.82) is 0 Å². The molecule has 2 aromatic rings. The molecule has 0 aliphatic heterocycles. The first-order valence-corrected chi connectivity index (χ1v) is 8.77. The number of hydrogen-bond acceptors (Lipinski definition) is 4. The normalized spacial score (nSPS) is 11.6. The highest BCUT2D eigenvalue weighted by molar-refractivity contribution is 6.10. The van der Waals surface area contributed by atoms with Gasteiger partial charge in [0.15, 0.2) is 0 Å². The van der Waals surface area contributed by atoms with E-state index < -0.39 is 34.4 Å². The fourth-order valence-corrected chi connectivity index (χ4v) is 2.55. The molecule has 0 saturated carbocycles. The molecule has 158 valence electrons. The van der Waals surface area contributed by atoms with Gasteiger partial charge in [-0.2, -0.15) is 0 Å². The van der Waals surface area contributed by atoms with Crippen LogP contribution in [0.15, 0.2) is 79.1 Å². The summed E-state index contributed by atoms with van der Waals surface area (Å²) in [5, 5.41) is 15.1. The third-order valence-electron chi connectivity index (χ3n) is 3.98. The Kier molecular flexibility index (Phi) is 7.71. The number of rotatable bonds is 7. The van der Waals surface area contributed by atoms with Crippen LogP contribution in [-0.4, -0.2) is 16.9 Å². The van der Waals surface area contributed by atoms with E-state index in [0.717, 1.165) is 12.1 Å². The number of nitrogens with zero attached hydrogens (tertiary/aromatic N) is 1. The van der Waals surface area contributed by atoms with E-state index in [1.807, 2.05) is 5.32 Å². The van der Waals surface area contributed by atoms with Crippen molar-refractivity contribution < 1.29 is 23.3 Å². The zero-order chi connectivity index (χ0) is 23.0. The van der Waals surface area contributed by atoms with Crippen LogP contribution in [0.5, 0.6) is 0 Å². The summed E-state index contributed by atoms with van der Waals surface area (Å²) < 4.78 is 26.7. The Morgan fingerprint density at radius 1 is 1.19 bits per heavy atom. The van der Waals surface area contributed by atoms with Gasteiger partial charge in [-0.25, -0.2) is 13.6 Å². The van der Waals surface area contributed by atoms with Crippen molar-refractivity contribution in [1.82, 2.24) is 5.32 Å². The van der Waals surface area contributed by atoms with E-state index in [-0.39, 0.29) is 16.9 Å². The van der Waals surface area contributed by atoms with Crippen molar-refractivity contribution in [3.63, 3.8) is 0 Å². The van der Waals surface area contributed by atoms with Gasteiger partial charge in [0, 0.05) is 29.7 Å². The summed E-state index contributed by atoms with van der Waals surface area (Å²) in [6.07, 6.45) is 4.14. The number of allylic oxidation sites excluding steroid dienone is 2. The van der Waals surface area contributed by atoms with Crippen LogP contribution in [0.1, 0.15) is 5.56 Å². The highest BCUT2D eigenvalue weighted by Crippen LogP contribution is 2.21. The number of hydrogen-bond donors (Lipinski definition) is 2. The number of nitrogens with one attached hydrogen (secondary N) is 2. The smallest absolute Gasteiger partial charge is 0.305 e. The number of nitro groups is 1. The molecule has 0 aromatic heterocycles. The molecule has 0 bridgehead atoms. The molecule has 3 amide bonds. The second kappa shape index (κ2) is 10.4. The second-order valence-electron chi connectivity index (χ2n) is 6.12. The maximum absolute atomic E-state index is 13.7. The number of non-ortho nitro benzene ring substituents is 1. The lowest BCUT2D eigenvalue weighted by Crippen LogP contribution is -2.36. The highest BCUT2D eigenvalue weighted by atomic mass is 19.1. The molecule has 0 heterocycles. The van der Waals surface area contributed by atoms with Crippen molar-refractivity contribution in [3.8, 4) is 0 Å². The molecule has 1 unspecified atom stereocenters. The molecule has 2 aromatic carbocycles. The van der Waals surface area contributed by atoms with Crippen molar-refractivity contribution in [2.45, 2.75) is 0 Å². The minimum absolute atomic E-state index is 0.00127. The van der Waals surface area contributed by atoms with Crippen LogP contribution >= 0.6 is 0 Å². The predicted molar refractivity (Wildman–Crippen MR) is 112 cm³/mol. The first-order chi connectivity index (χ1) is 14.7. The SMILES string of the molecule is C=C=CC(C=C)/C(=C\c1cccc([N+](=O)[O-])c1)C(=O)NC(=O)Nc1ccc(F)cc1F. The van der Waals surface area contributed by atoms with Crippen LogP contribution in [0.4, 0.5) is 25.0 Å². The Labute approximate surface area is 176 Å². The number of carbonyl (C=O) groups is 2. The molecule has 9 heteroatoms. The average Bonchev–Trinajstić information content (AvgIpc) is 2.72. The molecular formula is C22H17F2N3O4. The third-order valence-corrected chi connectivity index (χ3v) is 3.98. The van der Waals surface area contributed by atoms with Gasteiger partial charge in [0.2, 0.25) is 0 Å².